The monoisotopic (exact) mass is 390 g/mol. The number of aromatic nitrogens is 2. The zero-order valence-corrected chi connectivity index (χ0v) is 17.4. The minimum absolute atomic E-state index is 0.0414. The Morgan fingerprint density at radius 3 is 2.52 bits per heavy atom. The number of anilines is 3. The highest BCUT2D eigenvalue weighted by Crippen LogP contribution is 2.30. The fourth-order valence-corrected chi connectivity index (χ4v) is 3.02. The van der Waals surface area contributed by atoms with Gasteiger partial charge in [-0.05, 0) is 47.7 Å². The average molecular weight is 390 g/mol. The van der Waals surface area contributed by atoms with E-state index in [1.54, 1.807) is 19.4 Å². The van der Waals surface area contributed by atoms with E-state index in [-0.39, 0.29) is 17.0 Å². The molecule has 3 rings (SSSR count). The lowest BCUT2D eigenvalue weighted by Crippen LogP contribution is -2.16. The predicted octanol–water partition coefficient (Wildman–Crippen LogP) is 5.09. The second kappa shape index (κ2) is 8.31. The number of methoxy groups -OCH3 is 1. The van der Waals surface area contributed by atoms with Gasteiger partial charge in [0, 0.05) is 11.9 Å². The molecule has 29 heavy (non-hydrogen) atoms. The number of nitrogens with zero attached hydrogens (tertiary/aromatic N) is 2. The first-order valence-electron chi connectivity index (χ1n) is 9.43. The molecule has 0 bridgehead atoms. The van der Waals surface area contributed by atoms with Gasteiger partial charge in [-0.3, -0.25) is 4.79 Å². The summed E-state index contributed by atoms with van der Waals surface area (Å²) in [6.07, 6.45) is 1.57. The Morgan fingerprint density at radius 1 is 1.03 bits per heavy atom. The number of hydrogen-bond donors (Lipinski definition) is 2. The largest absolute Gasteiger partial charge is 0.495 e. The van der Waals surface area contributed by atoms with E-state index in [1.165, 1.54) is 0 Å². The van der Waals surface area contributed by atoms with Crippen molar-refractivity contribution in [1.82, 2.24) is 9.97 Å². The van der Waals surface area contributed by atoms with Crippen molar-refractivity contribution >= 4 is 23.2 Å². The summed E-state index contributed by atoms with van der Waals surface area (Å²) in [5.41, 5.74) is 3.90. The summed E-state index contributed by atoms with van der Waals surface area (Å²) in [5.74, 6) is 0.629. The van der Waals surface area contributed by atoms with Gasteiger partial charge >= 0.3 is 0 Å². The summed E-state index contributed by atoms with van der Waals surface area (Å²) in [7, 11) is 1.57. The molecule has 0 spiro atoms. The van der Waals surface area contributed by atoms with Crippen LogP contribution in [0.15, 0.2) is 54.7 Å². The molecule has 0 radical (unpaired) electrons. The molecule has 0 aliphatic carbocycles. The first kappa shape index (κ1) is 20.3. The molecule has 0 unspecified atom stereocenters. The zero-order valence-electron chi connectivity index (χ0n) is 17.4. The van der Waals surface area contributed by atoms with Crippen LogP contribution < -0.4 is 15.4 Å². The van der Waals surface area contributed by atoms with Gasteiger partial charge in [-0.2, -0.15) is 0 Å². The van der Waals surface area contributed by atoms with Gasteiger partial charge in [-0.1, -0.05) is 45.0 Å². The van der Waals surface area contributed by atoms with Gasteiger partial charge in [0.25, 0.3) is 5.91 Å². The Hall–Kier alpha value is -3.41. The normalized spacial score (nSPS) is 11.1. The van der Waals surface area contributed by atoms with Crippen LogP contribution in [0.25, 0.3) is 0 Å². The molecule has 0 aliphatic heterocycles. The van der Waals surface area contributed by atoms with Gasteiger partial charge in [0.2, 0.25) is 5.95 Å². The Balaban J connectivity index is 1.84. The maximum Gasteiger partial charge on any atom is 0.274 e. The van der Waals surface area contributed by atoms with Crippen LogP contribution in [-0.2, 0) is 5.41 Å². The molecule has 2 N–H and O–H groups in total. The fourth-order valence-electron chi connectivity index (χ4n) is 3.02. The molecule has 6 heteroatoms. The van der Waals surface area contributed by atoms with Crippen LogP contribution in [-0.4, -0.2) is 23.0 Å². The van der Waals surface area contributed by atoms with Crippen molar-refractivity contribution in [3.63, 3.8) is 0 Å². The molecule has 0 atom stereocenters. The maximum atomic E-state index is 12.7. The molecular formula is C23H26N4O2. The van der Waals surface area contributed by atoms with E-state index in [2.05, 4.69) is 47.4 Å². The highest BCUT2D eigenvalue weighted by molar-refractivity contribution is 6.03. The Bertz CT molecular complexity index is 1030. The number of rotatable bonds is 5. The molecule has 2 aromatic carbocycles. The molecule has 1 amide bonds. The summed E-state index contributed by atoms with van der Waals surface area (Å²) in [4.78, 5) is 21.4. The van der Waals surface area contributed by atoms with Crippen LogP contribution in [0.5, 0.6) is 5.75 Å². The van der Waals surface area contributed by atoms with E-state index in [0.29, 0.717) is 17.4 Å². The van der Waals surface area contributed by atoms with E-state index in [9.17, 15) is 4.79 Å². The molecular weight excluding hydrogens is 364 g/mol. The number of hydrogen-bond acceptors (Lipinski definition) is 5. The van der Waals surface area contributed by atoms with Crippen LogP contribution in [0.3, 0.4) is 0 Å². The summed E-state index contributed by atoms with van der Waals surface area (Å²) in [6.45, 7) is 8.39. The first-order chi connectivity index (χ1) is 13.8. The summed E-state index contributed by atoms with van der Waals surface area (Å²) >= 11 is 0. The quantitative estimate of drug-likeness (QED) is 0.635. The van der Waals surface area contributed by atoms with E-state index < -0.39 is 0 Å². The van der Waals surface area contributed by atoms with Crippen molar-refractivity contribution in [2.24, 2.45) is 0 Å². The van der Waals surface area contributed by atoms with Crippen molar-refractivity contribution < 1.29 is 9.53 Å². The fraction of sp³-hybridized carbons (Fsp3) is 0.261. The molecule has 150 valence electrons. The number of amides is 1. The van der Waals surface area contributed by atoms with Crippen LogP contribution in [0.2, 0.25) is 0 Å². The van der Waals surface area contributed by atoms with Gasteiger partial charge in [0.1, 0.15) is 11.4 Å². The first-order valence-corrected chi connectivity index (χ1v) is 9.43. The third-order valence-corrected chi connectivity index (χ3v) is 4.47. The van der Waals surface area contributed by atoms with Gasteiger partial charge in [-0.15, -0.1) is 0 Å². The summed E-state index contributed by atoms with van der Waals surface area (Å²) in [6, 6.07) is 15.2. The molecule has 0 aliphatic rings. The number of aryl methyl sites for hydroxylation is 1. The third kappa shape index (κ3) is 4.90. The van der Waals surface area contributed by atoms with Gasteiger partial charge < -0.3 is 15.4 Å². The number of ether oxygens (including phenoxy) is 1. The van der Waals surface area contributed by atoms with E-state index in [0.717, 1.165) is 16.8 Å². The zero-order chi connectivity index (χ0) is 21.0. The van der Waals surface area contributed by atoms with Crippen molar-refractivity contribution in [2.75, 3.05) is 17.7 Å². The lowest BCUT2D eigenvalue weighted by molar-refractivity contribution is 0.102. The van der Waals surface area contributed by atoms with Crippen molar-refractivity contribution in [3.8, 4) is 5.75 Å². The topological polar surface area (TPSA) is 76.1 Å². The van der Waals surface area contributed by atoms with E-state index >= 15 is 0 Å². The minimum Gasteiger partial charge on any atom is -0.495 e. The molecule has 3 aromatic rings. The van der Waals surface area contributed by atoms with Crippen molar-refractivity contribution in [1.29, 1.82) is 0 Å². The minimum atomic E-state index is -0.330. The highest BCUT2D eigenvalue weighted by atomic mass is 16.5. The van der Waals surface area contributed by atoms with Gasteiger partial charge in [0.05, 0.1) is 12.8 Å². The number of carbonyl (C=O) groups is 1. The standard InChI is InChI=1S/C23H26N4O2/c1-15-10-11-20(29-5)19(14-15)25-21(28)18-12-13-24-22(27-18)26-17-9-7-6-8-16(17)23(2,3)4/h6-14H,1-5H3,(H,25,28)(H,24,26,27). The number of benzene rings is 2. The van der Waals surface area contributed by atoms with E-state index in [4.69, 9.17) is 4.74 Å². The van der Waals surface area contributed by atoms with Gasteiger partial charge in [0.15, 0.2) is 0 Å². The number of para-hydroxylation sites is 1. The molecule has 1 heterocycles. The lowest BCUT2D eigenvalue weighted by Gasteiger charge is -2.23. The summed E-state index contributed by atoms with van der Waals surface area (Å²) in [5, 5.41) is 6.11. The molecule has 1 aromatic heterocycles. The van der Waals surface area contributed by atoms with Crippen molar-refractivity contribution in [2.45, 2.75) is 33.1 Å². The molecule has 0 saturated heterocycles. The third-order valence-electron chi connectivity index (χ3n) is 4.47. The Morgan fingerprint density at radius 2 is 1.79 bits per heavy atom. The highest BCUT2D eigenvalue weighted by Gasteiger charge is 2.18. The van der Waals surface area contributed by atoms with Crippen LogP contribution in [0, 0.1) is 6.92 Å². The van der Waals surface area contributed by atoms with Crippen molar-refractivity contribution in [3.05, 3.63) is 71.5 Å². The van der Waals surface area contributed by atoms with Crippen LogP contribution >= 0.6 is 0 Å². The average Bonchev–Trinajstić information content (AvgIpc) is 2.68. The maximum absolute atomic E-state index is 12.7. The number of carbonyl (C=O) groups excluding carboxylic acids is 1. The second-order valence-corrected chi connectivity index (χ2v) is 7.84. The van der Waals surface area contributed by atoms with Crippen LogP contribution in [0.4, 0.5) is 17.3 Å². The molecule has 0 saturated carbocycles. The van der Waals surface area contributed by atoms with Crippen LogP contribution in [0.1, 0.15) is 42.4 Å². The Labute approximate surface area is 171 Å². The second-order valence-electron chi connectivity index (χ2n) is 7.84. The smallest absolute Gasteiger partial charge is 0.274 e. The van der Waals surface area contributed by atoms with E-state index in [1.807, 2.05) is 43.3 Å². The molecule has 0 fully saturated rings. The summed E-state index contributed by atoms with van der Waals surface area (Å²) < 4.78 is 5.33. The SMILES string of the molecule is COc1ccc(C)cc1NC(=O)c1ccnc(Nc2ccccc2C(C)(C)C)n1. The number of nitrogens with one attached hydrogen (secondary N) is 2. The predicted molar refractivity (Wildman–Crippen MR) is 116 cm³/mol. The molecule has 6 nitrogen and oxygen atoms in total. The lowest BCUT2D eigenvalue weighted by atomic mass is 9.86. The van der Waals surface area contributed by atoms with Gasteiger partial charge in [-0.25, -0.2) is 9.97 Å². The Kier molecular flexibility index (Phi) is 5.82.